The molecule has 0 bridgehead atoms. The van der Waals surface area contributed by atoms with E-state index in [1.54, 1.807) is 4.90 Å². The Morgan fingerprint density at radius 2 is 1.56 bits per heavy atom. The van der Waals surface area contributed by atoms with Crippen molar-refractivity contribution in [2.24, 2.45) is 5.92 Å². The van der Waals surface area contributed by atoms with Crippen LogP contribution in [0.3, 0.4) is 0 Å². The zero-order chi connectivity index (χ0) is 23.3. The zero-order valence-electron chi connectivity index (χ0n) is 18.9. The van der Waals surface area contributed by atoms with E-state index in [-0.39, 0.29) is 23.8 Å². The number of benzene rings is 2. The lowest BCUT2D eigenvalue weighted by molar-refractivity contribution is -0.169. The quantitative estimate of drug-likeness (QED) is 0.453. The summed E-state index contributed by atoms with van der Waals surface area (Å²) < 4.78 is 5.65. The van der Waals surface area contributed by atoms with E-state index in [2.05, 4.69) is 0 Å². The number of nitrogens with zero attached hydrogens (tertiary/aromatic N) is 1. The predicted octanol–water partition coefficient (Wildman–Crippen LogP) is 6.85. The number of hydrogen-bond donors (Lipinski definition) is 0. The SMILES string of the molecule is CC(C)(C)OC(=O)C(C1CC1)N1C(=O)CCCC1c1ccc(Cl)cc1.Clc1ccccc1. The van der Waals surface area contributed by atoms with E-state index in [1.165, 1.54) is 0 Å². The van der Waals surface area contributed by atoms with Gasteiger partial charge in [-0.05, 0) is 82.2 Å². The van der Waals surface area contributed by atoms with Crippen LogP contribution >= 0.6 is 23.2 Å². The second kappa shape index (κ2) is 10.7. The smallest absolute Gasteiger partial charge is 0.329 e. The summed E-state index contributed by atoms with van der Waals surface area (Å²) in [6.45, 7) is 5.59. The molecule has 172 valence electrons. The number of ether oxygens (including phenoxy) is 1. The largest absolute Gasteiger partial charge is 0.458 e. The highest BCUT2D eigenvalue weighted by molar-refractivity contribution is 6.30. The highest BCUT2D eigenvalue weighted by Gasteiger charge is 2.47. The number of carbonyl (C=O) groups is 2. The minimum absolute atomic E-state index is 0.0500. The molecule has 1 aliphatic carbocycles. The molecule has 2 aliphatic rings. The Kier molecular flexibility index (Phi) is 8.24. The van der Waals surface area contributed by atoms with Gasteiger partial charge in [-0.3, -0.25) is 4.79 Å². The van der Waals surface area contributed by atoms with Crippen molar-refractivity contribution in [1.82, 2.24) is 4.90 Å². The van der Waals surface area contributed by atoms with Crippen LogP contribution in [0.1, 0.15) is 64.5 Å². The van der Waals surface area contributed by atoms with Crippen LogP contribution < -0.4 is 0 Å². The highest BCUT2D eigenvalue weighted by atomic mass is 35.5. The molecule has 1 amide bonds. The van der Waals surface area contributed by atoms with Crippen molar-refractivity contribution in [3.63, 3.8) is 0 Å². The van der Waals surface area contributed by atoms with Gasteiger partial charge in [0.25, 0.3) is 0 Å². The van der Waals surface area contributed by atoms with E-state index in [1.807, 2.05) is 75.4 Å². The second-order valence-corrected chi connectivity index (χ2v) is 10.2. The van der Waals surface area contributed by atoms with Gasteiger partial charge in [0.15, 0.2) is 0 Å². The summed E-state index contributed by atoms with van der Waals surface area (Å²) in [6, 6.07) is 16.5. The number of hydrogen-bond acceptors (Lipinski definition) is 3. The molecule has 2 unspecified atom stereocenters. The van der Waals surface area contributed by atoms with E-state index in [9.17, 15) is 9.59 Å². The Bertz CT molecular complexity index is 905. The first-order valence-corrected chi connectivity index (χ1v) is 11.9. The molecule has 32 heavy (non-hydrogen) atoms. The van der Waals surface area contributed by atoms with E-state index >= 15 is 0 Å². The van der Waals surface area contributed by atoms with Gasteiger partial charge in [-0.2, -0.15) is 0 Å². The zero-order valence-corrected chi connectivity index (χ0v) is 20.4. The van der Waals surface area contributed by atoms with Crippen LogP contribution in [0, 0.1) is 5.92 Å². The fourth-order valence-corrected chi connectivity index (χ4v) is 4.24. The molecule has 0 spiro atoms. The third-order valence-corrected chi connectivity index (χ3v) is 6.00. The maximum Gasteiger partial charge on any atom is 0.329 e. The Labute approximate surface area is 200 Å². The molecule has 2 aromatic carbocycles. The first-order valence-electron chi connectivity index (χ1n) is 11.2. The molecule has 1 saturated heterocycles. The predicted molar refractivity (Wildman–Crippen MR) is 129 cm³/mol. The maximum atomic E-state index is 12.9. The molecule has 0 N–H and O–H groups in total. The third kappa shape index (κ3) is 6.98. The van der Waals surface area contributed by atoms with E-state index in [0.717, 1.165) is 36.3 Å². The van der Waals surface area contributed by atoms with Crippen LogP contribution in [-0.4, -0.2) is 28.4 Å². The Balaban J connectivity index is 0.000000352. The van der Waals surface area contributed by atoms with Crippen LogP contribution in [0.2, 0.25) is 10.0 Å². The Hall–Kier alpha value is -2.04. The molecule has 4 nitrogen and oxygen atoms in total. The fourth-order valence-electron chi connectivity index (χ4n) is 3.97. The van der Waals surface area contributed by atoms with Crippen molar-refractivity contribution in [3.05, 3.63) is 70.2 Å². The molecule has 1 heterocycles. The van der Waals surface area contributed by atoms with Crippen molar-refractivity contribution in [3.8, 4) is 0 Å². The second-order valence-electron chi connectivity index (χ2n) is 9.37. The average Bonchev–Trinajstić information content (AvgIpc) is 3.55. The molecule has 2 atom stereocenters. The van der Waals surface area contributed by atoms with Gasteiger partial charge >= 0.3 is 5.97 Å². The number of esters is 1. The average molecular weight is 476 g/mol. The Morgan fingerprint density at radius 1 is 0.969 bits per heavy atom. The van der Waals surface area contributed by atoms with Crippen molar-refractivity contribution in [1.29, 1.82) is 0 Å². The van der Waals surface area contributed by atoms with Gasteiger partial charge in [-0.25, -0.2) is 4.79 Å². The van der Waals surface area contributed by atoms with Crippen LogP contribution in [0.5, 0.6) is 0 Å². The first-order chi connectivity index (χ1) is 15.2. The fraction of sp³-hybridized carbons (Fsp3) is 0.462. The van der Waals surface area contributed by atoms with Crippen LogP contribution in [0.15, 0.2) is 54.6 Å². The minimum Gasteiger partial charge on any atom is -0.458 e. The van der Waals surface area contributed by atoms with Gasteiger partial charge in [-0.1, -0.05) is 53.5 Å². The summed E-state index contributed by atoms with van der Waals surface area (Å²) in [5, 5.41) is 1.46. The van der Waals surface area contributed by atoms with Crippen LogP contribution in [0.4, 0.5) is 0 Å². The van der Waals surface area contributed by atoms with E-state index in [4.69, 9.17) is 27.9 Å². The van der Waals surface area contributed by atoms with Crippen molar-refractivity contribution < 1.29 is 14.3 Å². The number of halogens is 2. The number of piperidine rings is 1. The number of amides is 1. The molecular formula is C26H31Cl2NO3. The molecule has 2 fully saturated rings. The number of likely N-dealkylation sites (tertiary alicyclic amines) is 1. The summed E-state index contributed by atoms with van der Waals surface area (Å²) in [5.74, 6) is -0.00938. The van der Waals surface area contributed by atoms with Crippen molar-refractivity contribution in [2.45, 2.75) is 70.6 Å². The summed E-state index contributed by atoms with van der Waals surface area (Å²) in [7, 11) is 0. The van der Waals surface area contributed by atoms with Crippen LogP contribution in [0.25, 0.3) is 0 Å². The monoisotopic (exact) mass is 475 g/mol. The molecule has 2 aromatic rings. The maximum absolute atomic E-state index is 12.9. The molecule has 1 aliphatic heterocycles. The normalized spacial score (nSPS) is 19.6. The van der Waals surface area contributed by atoms with Gasteiger partial charge < -0.3 is 9.64 Å². The van der Waals surface area contributed by atoms with E-state index < -0.39 is 11.6 Å². The highest BCUT2D eigenvalue weighted by Crippen LogP contribution is 2.43. The number of rotatable bonds is 4. The molecule has 6 heteroatoms. The van der Waals surface area contributed by atoms with Gasteiger partial charge in [0.2, 0.25) is 5.91 Å². The molecular weight excluding hydrogens is 445 g/mol. The molecule has 0 aromatic heterocycles. The van der Waals surface area contributed by atoms with Gasteiger partial charge in [0.05, 0.1) is 6.04 Å². The van der Waals surface area contributed by atoms with Crippen molar-refractivity contribution in [2.75, 3.05) is 0 Å². The molecule has 1 saturated carbocycles. The number of carbonyl (C=O) groups excluding carboxylic acids is 2. The van der Waals surface area contributed by atoms with Gasteiger partial charge in [-0.15, -0.1) is 0 Å². The summed E-state index contributed by atoms with van der Waals surface area (Å²) in [4.78, 5) is 27.5. The lowest BCUT2D eigenvalue weighted by atomic mass is 9.92. The summed E-state index contributed by atoms with van der Waals surface area (Å²) in [6.07, 6.45) is 4.14. The third-order valence-electron chi connectivity index (χ3n) is 5.50. The first kappa shape index (κ1) is 24.6. The van der Waals surface area contributed by atoms with E-state index in [0.29, 0.717) is 11.4 Å². The van der Waals surface area contributed by atoms with Crippen molar-refractivity contribution >= 4 is 35.1 Å². The minimum atomic E-state index is -0.557. The lowest BCUT2D eigenvalue weighted by Crippen LogP contribution is -2.51. The molecule has 0 radical (unpaired) electrons. The topological polar surface area (TPSA) is 46.6 Å². The molecule has 4 rings (SSSR count). The van der Waals surface area contributed by atoms with Crippen LogP contribution in [-0.2, 0) is 14.3 Å². The van der Waals surface area contributed by atoms with Gasteiger partial charge in [0.1, 0.15) is 11.6 Å². The standard InChI is InChI=1S/C20H26ClNO3.C6H5Cl/c1-20(2,3)25-19(24)18(14-7-8-14)22-16(5-4-6-17(22)23)13-9-11-15(21)12-10-13;7-6-4-2-1-3-5-6/h9-12,14,16,18H,4-8H2,1-3H3;1-5H. The van der Waals surface area contributed by atoms with Gasteiger partial charge in [0, 0.05) is 16.5 Å². The Morgan fingerprint density at radius 3 is 2.06 bits per heavy atom. The lowest BCUT2D eigenvalue weighted by Gasteiger charge is -2.41. The summed E-state index contributed by atoms with van der Waals surface area (Å²) in [5.41, 5.74) is 0.477. The summed E-state index contributed by atoms with van der Waals surface area (Å²) >= 11 is 11.5.